The van der Waals surface area contributed by atoms with Gasteiger partial charge in [-0.25, -0.2) is 0 Å². The van der Waals surface area contributed by atoms with E-state index in [9.17, 15) is 0 Å². The molecule has 0 spiro atoms. The molecule has 2 unspecified atom stereocenters. The largest absolute Gasteiger partial charge is 0.312 e. The van der Waals surface area contributed by atoms with Crippen molar-refractivity contribution in [2.45, 2.75) is 103 Å². The molecule has 102 valence electrons. The standard InChI is InChI=1S/C16H33N/c1-3-4-5-6-7-8-9-10-13-16-14-11-12-15(2)17-16/h15-17H,3-14H2,1-2H3. The Morgan fingerprint density at radius 2 is 1.53 bits per heavy atom. The topological polar surface area (TPSA) is 12.0 Å². The summed E-state index contributed by atoms with van der Waals surface area (Å²) in [5.74, 6) is 0. The lowest BCUT2D eigenvalue weighted by Crippen LogP contribution is -2.40. The number of piperidine rings is 1. The Kier molecular flexibility index (Phi) is 8.78. The molecular formula is C16H33N. The molecular weight excluding hydrogens is 206 g/mol. The molecule has 0 aliphatic carbocycles. The fraction of sp³-hybridized carbons (Fsp3) is 1.00. The van der Waals surface area contributed by atoms with Gasteiger partial charge in [0.2, 0.25) is 0 Å². The van der Waals surface area contributed by atoms with Crippen molar-refractivity contribution < 1.29 is 0 Å². The molecule has 0 aromatic rings. The van der Waals surface area contributed by atoms with Gasteiger partial charge in [0.05, 0.1) is 0 Å². The van der Waals surface area contributed by atoms with Crippen LogP contribution >= 0.6 is 0 Å². The Morgan fingerprint density at radius 1 is 0.882 bits per heavy atom. The van der Waals surface area contributed by atoms with Crippen LogP contribution in [-0.2, 0) is 0 Å². The molecule has 1 rings (SSSR count). The summed E-state index contributed by atoms with van der Waals surface area (Å²) in [4.78, 5) is 0. The molecule has 1 saturated heterocycles. The molecule has 1 N–H and O–H groups in total. The molecule has 1 nitrogen and oxygen atoms in total. The summed E-state index contributed by atoms with van der Waals surface area (Å²) >= 11 is 0. The average molecular weight is 239 g/mol. The zero-order valence-corrected chi connectivity index (χ0v) is 12.1. The lowest BCUT2D eigenvalue weighted by Gasteiger charge is -2.28. The summed E-state index contributed by atoms with van der Waals surface area (Å²) < 4.78 is 0. The molecule has 0 saturated carbocycles. The summed E-state index contributed by atoms with van der Waals surface area (Å²) in [7, 11) is 0. The van der Waals surface area contributed by atoms with Gasteiger partial charge in [-0.15, -0.1) is 0 Å². The molecule has 2 atom stereocenters. The molecule has 17 heavy (non-hydrogen) atoms. The van der Waals surface area contributed by atoms with E-state index in [0.29, 0.717) is 0 Å². The fourth-order valence-electron chi connectivity index (χ4n) is 2.99. The molecule has 0 bridgehead atoms. The van der Waals surface area contributed by atoms with Gasteiger partial charge in [0, 0.05) is 12.1 Å². The van der Waals surface area contributed by atoms with Crippen molar-refractivity contribution >= 4 is 0 Å². The molecule has 1 aliphatic rings. The average Bonchev–Trinajstić information content (AvgIpc) is 2.33. The van der Waals surface area contributed by atoms with E-state index in [1.165, 1.54) is 77.0 Å². The van der Waals surface area contributed by atoms with Crippen LogP contribution in [0.2, 0.25) is 0 Å². The number of unbranched alkanes of at least 4 members (excludes halogenated alkanes) is 7. The second-order valence-corrected chi connectivity index (χ2v) is 5.96. The van der Waals surface area contributed by atoms with Crippen LogP contribution in [0.15, 0.2) is 0 Å². The minimum absolute atomic E-state index is 0.766. The Bertz CT molecular complexity index is 167. The molecule has 1 heteroatoms. The zero-order valence-electron chi connectivity index (χ0n) is 12.1. The number of rotatable bonds is 9. The maximum absolute atomic E-state index is 3.74. The third-order valence-electron chi connectivity index (χ3n) is 4.12. The second kappa shape index (κ2) is 9.94. The van der Waals surface area contributed by atoms with Crippen molar-refractivity contribution in [2.75, 3.05) is 0 Å². The highest BCUT2D eigenvalue weighted by atomic mass is 15.0. The fourth-order valence-corrected chi connectivity index (χ4v) is 2.99. The van der Waals surface area contributed by atoms with Crippen molar-refractivity contribution in [1.82, 2.24) is 5.32 Å². The van der Waals surface area contributed by atoms with E-state index in [0.717, 1.165) is 12.1 Å². The molecule has 0 aromatic heterocycles. The second-order valence-electron chi connectivity index (χ2n) is 5.96. The van der Waals surface area contributed by atoms with E-state index in [1.807, 2.05) is 0 Å². The third kappa shape index (κ3) is 7.81. The van der Waals surface area contributed by atoms with Gasteiger partial charge in [0.1, 0.15) is 0 Å². The maximum Gasteiger partial charge on any atom is 0.00695 e. The monoisotopic (exact) mass is 239 g/mol. The molecule has 1 fully saturated rings. The molecule has 0 amide bonds. The van der Waals surface area contributed by atoms with Crippen LogP contribution in [0.4, 0.5) is 0 Å². The summed E-state index contributed by atoms with van der Waals surface area (Å²) in [5.41, 5.74) is 0. The van der Waals surface area contributed by atoms with E-state index in [4.69, 9.17) is 0 Å². The van der Waals surface area contributed by atoms with Gasteiger partial charge in [0.25, 0.3) is 0 Å². The maximum atomic E-state index is 3.74. The number of hydrogen-bond donors (Lipinski definition) is 1. The highest BCUT2D eigenvalue weighted by Gasteiger charge is 2.16. The van der Waals surface area contributed by atoms with Crippen molar-refractivity contribution in [1.29, 1.82) is 0 Å². The SMILES string of the molecule is CCCCCCCCCCC1CCCC(C)N1. The molecule has 0 radical (unpaired) electrons. The lowest BCUT2D eigenvalue weighted by molar-refractivity contribution is 0.314. The third-order valence-corrected chi connectivity index (χ3v) is 4.12. The van der Waals surface area contributed by atoms with Crippen LogP contribution in [0, 0.1) is 0 Å². The van der Waals surface area contributed by atoms with Gasteiger partial charge in [-0.2, -0.15) is 0 Å². The first kappa shape index (κ1) is 15.0. The van der Waals surface area contributed by atoms with Gasteiger partial charge in [-0.1, -0.05) is 64.7 Å². The summed E-state index contributed by atoms with van der Waals surface area (Å²) in [6.07, 6.45) is 17.2. The van der Waals surface area contributed by atoms with Gasteiger partial charge < -0.3 is 5.32 Å². The highest BCUT2D eigenvalue weighted by molar-refractivity contribution is 4.77. The smallest absolute Gasteiger partial charge is 0.00695 e. The Hall–Kier alpha value is -0.0400. The van der Waals surface area contributed by atoms with Gasteiger partial charge in [-0.3, -0.25) is 0 Å². The highest BCUT2D eigenvalue weighted by Crippen LogP contribution is 2.17. The minimum atomic E-state index is 0.766. The summed E-state index contributed by atoms with van der Waals surface area (Å²) in [6, 6.07) is 1.60. The van der Waals surface area contributed by atoms with Crippen LogP contribution in [-0.4, -0.2) is 12.1 Å². The predicted molar refractivity (Wildman–Crippen MR) is 77.5 cm³/mol. The first-order chi connectivity index (χ1) is 8.33. The molecule has 1 aliphatic heterocycles. The Balaban J connectivity index is 1.83. The minimum Gasteiger partial charge on any atom is -0.312 e. The summed E-state index contributed by atoms with van der Waals surface area (Å²) in [5, 5.41) is 3.74. The van der Waals surface area contributed by atoms with E-state index in [2.05, 4.69) is 19.2 Å². The van der Waals surface area contributed by atoms with Crippen molar-refractivity contribution in [3.05, 3.63) is 0 Å². The quantitative estimate of drug-likeness (QED) is 0.555. The van der Waals surface area contributed by atoms with Crippen molar-refractivity contribution in [3.8, 4) is 0 Å². The molecule has 1 heterocycles. The number of nitrogens with one attached hydrogen (secondary N) is 1. The lowest BCUT2D eigenvalue weighted by atomic mass is 9.95. The van der Waals surface area contributed by atoms with Gasteiger partial charge in [0.15, 0.2) is 0 Å². The van der Waals surface area contributed by atoms with Gasteiger partial charge in [-0.05, 0) is 26.2 Å². The zero-order chi connectivity index (χ0) is 12.3. The predicted octanol–water partition coefficient (Wildman–Crippen LogP) is 5.05. The first-order valence-corrected chi connectivity index (χ1v) is 8.09. The van der Waals surface area contributed by atoms with Crippen LogP contribution in [0.25, 0.3) is 0 Å². The van der Waals surface area contributed by atoms with Crippen LogP contribution < -0.4 is 5.32 Å². The summed E-state index contributed by atoms with van der Waals surface area (Å²) in [6.45, 7) is 4.62. The van der Waals surface area contributed by atoms with E-state index < -0.39 is 0 Å². The van der Waals surface area contributed by atoms with Crippen LogP contribution in [0.3, 0.4) is 0 Å². The Morgan fingerprint density at radius 3 is 2.18 bits per heavy atom. The molecule has 0 aromatic carbocycles. The van der Waals surface area contributed by atoms with E-state index in [-0.39, 0.29) is 0 Å². The van der Waals surface area contributed by atoms with Crippen molar-refractivity contribution in [3.63, 3.8) is 0 Å². The Labute approximate surface area is 109 Å². The van der Waals surface area contributed by atoms with Crippen molar-refractivity contribution in [2.24, 2.45) is 0 Å². The van der Waals surface area contributed by atoms with E-state index in [1.54, 1.807) is 0 Å². The first-order valence-electron chi connectivity index (χ1n) is 8.09. The normalized spacial score (nSPS) is 25.1. The number of hydrogen-bond acceptors (Lipinski definition) is 1. The van der Waals surface area contributed by atoms with Gasteiger partial charge >= 0.3 is 0 Å². The van der Waals surface area contributed by atoms with Crippen LogP contribution in [0.1, 0.15) is 90.9 Å². The van der Waals surface area contributed by atoms with Crippen LogP contribution in [0.5, 0.6) is 0 Å². The van der Waals surface area contributed by atoms with E-state index >= 15 is 0 Å².